The van der Waals surface area contributed by atoms with E-state index < -0.39 is 0 Å². The van der Waals surface area contributed by atoms with Crippen LogP contribution in [0, 0.1) is 6.92 Å². The number of aliphatic imine (C=N–C) groups is 1. The van der Waals surface area contributed by atoms with Gasteiger partial charge in [-0.3, -0.25) is 9.59 Å². The molecule has 1 N–H and O–H groups in total. The molecule has 102 valence electrons. The Morgan fingerprint density at radius 3 is 2.75 bits per heavy atom. The predicted molar refractivity (Wildman–Crippen MR) is 73.8 cm³/mol. The normalized spacial score (nSPS) is 16.2. The van der Waals surface area contributed by atoms with Gasteiger partial charge in [-0.05, 0) is 30.7 Å². The van der Waals surface area contributed by atoms with Crippen LogP contribution in [0.1, 0.15) is 12.5 Å². The summed E-state index contributed by atoms with van der Waals surface area (Å²) in [4.78, 5) is 26.3. The first-order valence-corrected chi connectivity index (χ1v) is 5.96. The standard InChI is InChI=1S/C15H13NO4/c1-9-3-4-11(18)7-14(9)20-15-8-12(19)5-6-13(15)16-10(2)17/h3-8,18H,1-2H3. The molecule has 0 unspecified atom stereocenters. The van der Waals surface area contributed by atoms with E-state index in [4.69, 9.17) is 4.74 Å². The number of allylic oxidation sites excluding steroid dienone is 3. The van der Waals surface area contributed by atoms with Crippen LogP contribution in [0.4, 0.5) is 0 Å². The Labute approximate surface area is 115 Å². The van der Waals surface area contributed by atoms with Crippen molar-refractivity contribution in [3.8, 4) is 11.5 Å². The van der Waals surface area contributed by atoms with Crippen LogP contribution < -0.4 is 4.74 Å². The van der Waals surface area contributed by atoms with Gasteiger partial charge in [-0.25, -0.2) is 4.99 Å². The van der Waals surface area contributed by atoms with E-state index in [9.17, 15) is 14.7 Å². The second-order valence-corrected chi connectivity index (χ2v) is 4.31. The average molecular weight is 271 g/mol. The maximum atomic E-state index is 11.4. The lowest BCUT2D eigenvalue weighted by molar-refractivity contribution is -0.115. The van der Waals surface area contributed by atoms with Crippen molar-refractivity contribution in [1.29, 1.82) is 0 Å². The van der Waals surface area contributed by atoms with Crippen molar-refractivity contribution in [2.45, 2.75) is 13.8 Å². The third-order valence-electron chi connectivity index (χ3n) is 2.60. The van der Waals surface area contributed by atoms with Crippen molar-refractivity contribution in [1.82, 2.24) is 0 Å². The Kier molecular flexibility index (Phi) is 3.79. The highest BCUT2D eigenvalue weighted by Gasteiger charge is 2.16. The molecule has 0 aliphatic heterocycles. The molecule has 0 aromatic heterocycles. The van der Waals surface area contributed by atoms with Gasteiger partial charge in [0.2, 0.25) is 5.91 Å². The van der Waals surface area contributed by atoms with E-state index in [1.807, 2.05) is 0 Å². The molecule has 1 amide bonds. The van der Waals surface area contributed by atoms with Crippen LogP contribution in [0.25, 0.3) is 0 Å². The number of ketones is 1. The number of ether oxygens (including phenoxy) is 1. The minimum absolute atomic E-state index is 0.0499. The van der Waals surface area contributed by atoms with E-state index >= 15 is 0 Å². The molecule has 1 aliphatic carbocycles. The summed E-state index contributed by atoms with van der Waals surface area (Å²) >= 11 is 0. The molecule has 0 spiro atoms. The highest BCUT2D eigenvalue weighted by Crippen LogP contribution is 2.26. The molecule has 0 radical (unpaired) electrons. The number of aromatic hydroxyl groups is 1. The van der Waals surface area contributed by atoms with E-state index in [0.717, 1.165) is 5.56 Å². The Bertz CT molecular complexity index is 668. The molecule has 1 aromatic carbocycles. The fourth-order valence-corrected chi connectivity index (χ4v) is 1.66. The molecule has 0 saturated carbocycles. The topological polar surface area (TPSA) is 76.0 Å². The van der Waals surface area contributed by atoms with Crippen LogP contribution in [-0.4, -0.2) is 22.5 Å². The van der Waals surface area contributed by atoms with Crippen molar-refractivity contribution >= 4 is 17.4 Å². The minimum atomic E-state index is -0.388. The van der Waals surface area contributed by atoms with Crippen LogP contribution in [0.5, 0.6) is 11.5 Å². The van der Waals surface area contributed by atoms with Gasteiger partial charge in [0, 0.05) is 19.1 Å². The van der Waals surface area contributed by atoms with Gasteiger partial charge in [-0.15, -0.1) is 0 Å². The molecule has 0 atom stereocenters. The number of rotatable bonds is 2. The maximum absolute atomic E-state index is 11.4. The first kappa shape index (κ1) is 13.7. The second kappa shape index (κ2) is 5.52. The van der Waals surface area contributed by atoms with Crippen LogP contribution in [0.15, 0.2) is 47.2 Å². The highest BCUT2D eigenvalue weighted by molar-refractivity contribution is 6.20. The zero-order valence-electron chi connectivity index (χ0n) is 11.1. The average Bonchev–Trinajstić information content (AvgIpc) is 2.37. The zero-order valence-corrected chi connectivity index (χ0v) is 11.1. The summed E-state index contributed by atoms with van der Waals surface area (Å²) in [5.74, 6) is -0.00706. The quantitative estimate of drug-likeness (QED) is 0.836. The summed E-state index contributed by atoms with van der Waals surface area (Å²) in [5.41, 5.74) is 1.06. The number of amides is 1. The number of phenols is 1. The van der Waals surface area contributed by atoms with Gasteiger partial charge < -0.3 is 9.84 Å². The molecule has 0 bridgehead atoms. The Morgan fingerprint density at radius 1 is 1.30 bits per heavy atom. The fourth-order valence-electron chi connectivity index (χ4n) is 1.66. The highest BCUT2D eigenvalue weighted by atomic mass is 16.5. The van der Waals surface area contributed by atoms with E-state index in [0.29, 0.717) is 5.75 Å². The number of nitrogens with zero attached hydrogens (tertiary/aromatic N) is 1. The molecule has 0 saturated heterocycles. The number of carbonyl (C=O) groups is 2. The monoisotopic (exact) mass is 271 g/mol. The first-order valence-electron chi connectivity index (χ1n) is 5.96. The Morgan fingerprint density at radius 2 is 2.05 bits per heavy atom. The zero-order chi connectivity index (χ0) is 14.7. The summed E-state index contributed by atoms with van der Waals surface area (Å²) in [7, 11) is 0. The molecule has 0 heterocycles. The smallest absolute Gasteiger partial charge is 0.243 e. The van der Waals surface area contributed by atoms with E-state index in [-0.39, 0.29) is 28.9 Å². The summed E-state index contributed by atoms with van der Waals surface area (Å²) in [6.07, 6.45) is 3.99. The van der Waals surface area contributed by atoms with Gasteiger partial charge in [0.1, 0.15) is 17.2 Å². The molecule has 2 rings (SSSR count). The summed E-state index contributed by atoms with van der Waals surface area (Å²) in [6.45, 7) is 3.12. The summed E-state index contributed by atoms with van der Waals surface area (Å²) < 4.78 is 5.60. The number of phenolic OH excluding ortho intramolecular Hbond substituents is 1. The number of hydrogen-bond donors (Lipinski definition) is 1. The minimum Gasteiger partial charge on any atom is -0.508 e. The van der Waals surface area contributed by atoms with Gasteiger partial charge in [0.25, 0.3) is 0 Å². The number of aryl methyl sites for hydroxylation is 1. The largest absolute Gasteiger partial charge is 0.508 e. The maximum Gasteiger partial charge on any atom is 0.243 e. The predicted octanol–water partition coefficient (Wildman–Crippen LogP) is 2.09. The number of carbonyl (C=O) groups excluding carboxylic acids is 2. The second-order valence-electron chi connectivity index (χ2n) is 4.31. The Balaban J connectivity index is 2.36. The van der Waals surface area contributed by atoms with Crippen molar-refractivity contribution in [2.24, 2.45) is 4.99 Å². The van der Waals surface area contributed by atoms with Crippen LogP contribution in [-0.2, 0) is 9.59 Å². The van der Waals surface area contributed by atoms with Crippen molar-refractivity contribution < 1.29 is 19.4 Å². The third kappa shape index (κ3) is 3.20. The van der Waals surface area contributed by atoms with E-state index in [1.165, 1.54) is 37.3 Å². The van der Waals surface area contributed by atoms with E-state index in [1.54, 1.807) is 13.0 Å². The lowest BCUT2D eigenvalue weighted by Crippen LogP contribution is -2.14. The van der Waals surface area contributed by atoms with Crippen molar-refractivity contribution in [2.75, 3.05) is 0 Å². The van der Waals surface area contributed by atoms with Gasteiger partial charge in [-0.1, -0.05) is 6.07 Å². The first-order chi connectivity index (χ1) is 9.45. The summed E-state index contributed by atoms with van der Waals surface area (Å²) in [6, 6.07) is 4.66. The van der Waals surface area contributed by atoms with Crippen molar-refractivity contribution in [3.63, 3.8) is 0 Å². The Hall–Kier alpha value is -2.69. The van der Waals surface area contributed by atoms with Crippen LogP contribution in [0.2, 0.25) is 0 Å². The SMILES string of the molecule is CC(=O)N=C1C=CC(=O)C=C1Oc1cc(O)ccc1C. The van der Waals surface area contributed by atoms with Gasteiger partial charge in [0.15, 0.2) is 11.5 Å². The molecule has 1 aromatic rings. The lowest BCUT2D eigenvalue weighted by atomic mass is 10.1. The van der Waals surface area contributed by atoms with Crippen molar-refractivity contribution in [3.05, 3.63) is 47.7 Å². The molecule has 5 heteroatoms. The number of benzene rings is 1. The van der Waals surface area contributed by atoms with Gasteiger partial charge in [-0.2, -0.15) is 0 Å². The van der Waals surface area contributed by atoms with Gasteiger partial charge in [0.05, 0.1) is 0 Å². The lowest BCUT2D eigenvalue weighted by Gasteiger charge is -2.14. The summed E-state index contributed by atoms with van der Waals surface area (Å²) in [5, 5.41) is 9.47. The fraction of sp³-hybridized carbons (Fsp3) is 0.133. The molecule has 1 aliphatic rings. The molecule has 5 nitrogen and oxygen atoms in total. The van der Waals surface area contributed by atoms with Crippen LogP contribution in [0.3, 0.4) is 0 Å². The van der Waals surface area contributed by atoms with Gasteiger partial charge >= 0.3 is 0 Å². The molecule has 0 fully saturated rings. The molecular formula is C15H13NO4. The third-order valence-corrected chi connectivity index (χ3v) is 2.60. The van der Waals surface area contributed by atoms with Crippen LogP contribution >= 0.6 is 0 Å². The number of hydrogen-bond acceptors (Lipinski definition) is 4. The van der Waals surface area contributed by atoms with E-state index in [2.05, 4.69) is 4.99 Å². The molecule has 20 heavy (non-hydrogen) atoms. The molecular weight excluding hydrogens is 258 g/mol.